The number of carbonyl (C=O) groups excluding carboxylic acids is 1. The van der Waals surface area contributed by atoms with Crippen molar-refractivity contribution in [3.63, 3.8) is 0 Å². The Labute approximate surface area is 126 Å². The first-order chi connectivity index (χ1) is 9.11. The van der Waals surface area contributed by atoms with Crippen molar-refractivity contribution < 1.29 is 4.79 Å². The van der Waals surface area contributed by atoms with E-state index >= 15 is 0 Å². The third kappa shape index (κ3) is 3.68. The average Bonchev–Trinajstić information content (AvgIpc) is 2.86. The van der Waals surface area contributed by atoms with Crippen molar-refractivity contribution in [2.45, 2.75) is 25.8 Å². The summed E-state index contributed by atoms with van der Waals surface area (Å²) < 4.78 is 0.748. The molecule has 0 bridgehead atoms. The van der Waals surface area contributed by atoms with E-state index in [0.29, 0.717) is 18.2 Å². The molecule has 1 saturated heterocycles. The monoisotopic (exact) mass is 345 g/mol. The smallest absolute Gasteiger partial charge is 0.254 e. The van der Waals surface area contributed by atoms with E-state index in [1.807, 2.05) is 0 Å². The van der Waals surface area contributed by atoms with Crippen LogP contribution in [0.3, 0.4) is 0 Å². The lowest BCUT2D eigenvalue weighted by Crippen LogP contribution is -2.40. The van der Waals surface area contributed by atoms with E-state index in [0.717, 1.165) is 24.0 Å². The molecule has 1 N–H and O–H groups in total. The highest BCUT2D eigenvalue weighted by Gasteiger charge is 2.23. The van der Waals surface area contributed by atoms with Crippen LogP contribution < -0.4 is 5.32 Å². The molecule has 19 heavy (non-hydrogen) atoms. The fourth-order valence-electron chi connectivity index (χ4n) is 2.43. The zero-order chi connectivity index (χ0) is 13.8. The maximum atomic E-state index is 12.1. The van der Waals surface area contributed by atoms with E-state index in [1.54, 1.807) is 12.3 Å². The van der Waals surface area contributed by atoms with Crippen LogP contribution in [-0.4, -0.2) is 41.5 Å². The predicted molar refractivity (Wildman–Crippen MR) is 79.5 cm³/mol. The molecule has 1 fully saturated rings. The number of nitrogens with zero attached hydrogens (tertiary/aromatic N) is 2. The van der Waals surface area contributed by atoms with Gasteiger partial charge in [0, 0.05) is 23.3 Å². The molecule has 1 aliphatic heterocycles. The summed E-state index contributed by atoms with van der Waals surface area (Å²) in [6.45, 7) is 4.96. The van der Waals surface area contributed by atoms with Crippen molar-refractivity contribution in [3.05, 3.63) is 27.5 Å². The number of likely N-dealkylation sites (tertiary alicyclic amines) is 1. The van der Waals surface area contributed by atoms with Gasteiger partial charge in [-0.2, -0.15) is 0 Å². The van der Waals surface area contributed by atoms with Crippen molar-refractivity contribution in [1.29, 1.82) is 0 Å². The Hall–Kier alpha value is -0.650. The molecular formula is C13H17BrClN3O. The second-order valence-electron chi connectivity index (χ2n) is 4.63. The number of halogens is 2. The zero-order valence-corrected chi connectivity index (χ0v) is 13.2. The molecule has 2 rings (SSSR count). The predicted octanol–water partition coefficient (Wildman–Crippen LogP) is 2.71. The van der Waals surface area contributed by atoms with Crippen LogP contribution in [0, 0.1) is 0 Å². The van der Waals surface area contributed by atoms with Crippen molar-refractivity contribution in [3.8, 4) is 0 Å². The first-order valence-electron chi connectivity index (χ1n) is 6.45. The van der Waals surface area contributed by atoms with Gasteiger partial charge < -0.3 is 5.32 Å². The molecule has 0 spiro atoms. The molecule has 1 atom stereocenters. The molecule has 6 heteroatoms. The minimum atomic E-state index is -0.165. The minimum Gasteiger partial charge on any atom is -0.350 e. The Morgan fingerprint density at radius 2 is 2.47 bits per heavy atom. The fraction of sp³-hybridized carbons (Fsp3) is 0.538. The van der Waals surface area contributed by atoms with Gasteiger partial charge in [-0.1, -0.05) is 18.5 Å². The molecule has 0 saturated carbocycles. The van der Waals surface area contributed by atoms with E-state index in [9.17, 15) is 4.79 Å². The van der Waals surface area contributed by atoms with Gasteiger partial charge in [-0.25, -0.2) is 4.98 Å². The van der Waals surface area contributed by atoms with Crippen LogP contribution in [0.2, 0.25) is 5.15 Å². The standard InChI is InChI=1S/C13H17BrClN3O/c1-2-18-5-3-4-10(18)8-17-13(19)11-6-9(14)7-16-12(11)15/h6-7,10H,2-5,8H2,1H3,(H,17,19). The van der Waals surface area contributed by atoms with Gasteiger partial charge in [0.15, 0.2) is 0 Å². The summed E-state index contributed by atoms with van der Waals surface area (Å²) in [5.74, 6) is -0.165. The van der Waals surface area contributed by atoms with Gasteiger partial charge >= 0.3 is 0 Å². The maximum Gasteiger partial charge on any atom is 0.254 e. The fourth-order valence-corrected chi connectivity index (χ4v) is 2.95. The highest BCUT2D eigenvalue weighted by molar-refractivity contribution is 9.10. The number of amides is 1. The topological polar surface area (TPSA) is 45.2 Å². The van der Waals surface area contributed by atoms with Crippen LogP contribution in [0.25, 0.3) is 0 Å². The molecule has 1 unspecified atom stereocenters. The number of aromatic nitrogens is 1. The van der Waals surface area contributed by atoms with Crippen LogP contribution in [0.4, 0.5) is 0 Å². The van der Waals surface area contributed by atoms with Crippen molar-refractivity contribution in [1.82, 2.24) is 15.2 Å². The van der Waals surface area contributed by atoms with E-state index in [4.69, 9.17) is 11.6 Å². The number of rotatable bonds is 4. The number of hydrogen-bond acceptors (Lipinski definition) is 3. The van der Waals surface area contributed by atoms with Crippen molar-refractivity contribution >= 4 is 33.4 Å². The Morgan fingerprint density at radius 1 is 1.68 bits per heavy atom. The Balaban J connectivity index is 1.96. The summed E-state index contributed by atoms with van der Waals surface area (Å²) in [6.07, 6.45) is 3.92. The Bertz CT molecular complexity index is 469. The molecule has 1 aromatic rings. The van der Waals surface area contributed by atoms with Gasteiger partial charge in [-0.3, -0.25) is 9.69 Å². The van der Waals surface area contributed by atoms with Gasteiger partial charge in [0.25, 0.3) is 5.91 Å². The normalized spacial score (nSPS) is 19.6. The molecule has 1 aromatic heterocycles. The van der Waals surface area contributed by atoms with Gasteiger partial charge in [-0.05, 0) is 47.9 Å². The quantitative estimate of drug-likeness (QED) is 0.853. The lowest BCUT2D eigenvalue weighted by Gasteiger charge is -2.22. The van der Waals surface area contributed by atoms with Crippen LogP contribution in [-0.2, 0) is 0 Å². The van der Waals surface area contributed by atoms with Crippen LogP contribution in [0.15, 0.2) is 16.7 Å². The second kappa shape index (κ2) is 6.68. The number of hydrogen-bond donors (Lipinski definition) is 1. The van der Waals surface area contributed by atoms with Gasteiger partial charge in [0.1, 0.15) is 5.15 Å². The molecule has 4 nitrogen and oxygen atoms in total. The van der Waals surface area contributed by atoms with Gasteiger partial charge in [-0.15, -0.1) is 0 Å². The third-order valence-electron chi connectivity index (χ3n) is 3.45. The molecule has 0 aliphatic carbocycles. The second-order valence-corrected chi connectivity index (χ2v) is 5.90. The van der Waals surface area contributed by atoms with Crippen molar-refractivity contribution in [2.24, 2.45) is 0 Å². The largest absolute Gasteiger partial charge is 0.350 e. The van der Waals surface area contributed by atoms with E-state index < -0.39 is 0 Å². The first kappa shape index (κ1) is 14.8. The summed E-state index contributed by atoms with van der Waals surface area (Å²) in [7, 11) is 0. The Kier molecular flexibility index (Phi) is 5.19. The summed E-state index contributed by atoms with van der Waals surface area (Å²) in [5, 5.41) is 3.18. The van der Waals surface area contributed by atoms with Gasteiger partial charge in [0.05, 0.1) is 5.56 Å². The summed E-state index contributed by atoms with van der Waals surface area (Å²) in [5.41, 5.74) is 0.414. The van der Waals surface area contributed by atoms with E-state index in [-0.39, 0.29) is 11.1 Å². The van der Waals surface area contributed by atoms with Crippen LogP contribution >= 0.6 is 27.5 Å². The summed E-state index contributed by atoms with van der Waals surface area (Å²) in [6, 6.07) is 2.13. The summed E-state index contributed by atoms with van der Waals surface area (Å²) in [4.78, 5) is 18.4. The molecule has 0 aromatic carbocycles. The lowest BCUT2D eigenvalue weighted by atomic mass is 10.2. The van der Waals surface area contributed by atoms with E-state index in [2.05, 4.69) is 38.1 Å². The SMILES string of the molecule is CCN1CCCC1CNC(=O)c1cc(Br)cnc1Cl. The Morgan fingerprint density at radius 3 is 3.21 bits per heavy atom. The first-order valence-corrected chi connectivity index (χ1v) is 7.62. The van der Waals surface area contributed by atoms with Crippen molar-refractivity contribution in [2.75, 3.05) is 19.6 Å². The molecule has 1 amide bonds. The number of pyridine rings is 1. The number of likely N-dealkylation sites (N-methyl/N-ethyl adjacent to an activating group) is 1. The molecule has 2 heterocycles. The average molecular weight is 347 g/mol. The van der Waals surface area contributed by atoms with Crippen LogP contribution in [0.1, 0.15) is 30.1 Å². The molecular weight excluding hydrogens is 330 g/mol. The van der Waals surface area contributed by atoms with Crippen LogP contribution in [0.5, 0.6) is 0 Å². The highest BCUT2D eigenvalue weighted by Crippen LogP contribution is 2.19. The number of carbonyl (C=O) groups is 1. The third-order valence-corrected chi connectivity index (χ3v) is 4.19. The lowest BCUT2D eigenvalue weighted by molar-refractivity contribution is 0.0941. The molecule has 1 aliphatic rings. The molecule has 104 valence electrons. The van der Waals surface area contributed by atoms with E-state index in [1.165, 1.54) is 6.42 Å². The zero-order valence-electron chi connectivity index (χ0n) is 10.8. The van der Waals surface area contributed by atoms with Gasteiger partial charge in [0.2, 0.25) is 0 Å². The minimum absolute atomic E-state index is 0.165. The highest BCUT2D eigenvalue weighted by atomic mass is 79.9. The maximum absolute atomic E-state index is 12.1. The summed E-state index contributed by atoms with van der Waals surface area (Å²) >= 11 is 9.23. The molecule has 0 radical (unpaired) electrons. The number of nitrogens with one attached hydrogen (secondary N) is 1.